The summed E-state index contributed by atoms with van der Waals surface area (Å²) in [5, 5.41) is 12.4. The first-order chi connectivity index (χ1) is 8.68. The highest BCUT2D eigenvalue weighted by Crippen LogP contribution is 2.32. The minimum atomic E-state index is -0.441. The number of benzene rings is 2. The van der Waals surface area contributed by atoms with E-state index in [9.17, 15) is 10.1 Å². The van der Waals surface area contributed by atoms with Gasteiger partial charge in [-0.15, -0.1) is 0 Å². The number of nitrogen functional groups attached to an aromatic ring is 1. The number of hydrogen-bond acceptors (Lipinski definition) is 4. The molecule has 3 aromatic rings. The van der Waals surface area contributed by atoms with Crippen molar-refractivity contribution >= 4 is 33.2 Å². The van der Waals surface area contributed by atoms with Crippen molar-refractivity contribution in [2.24, 2.45) is 0 Å². The molecule has 0 amide bonds. The second kappa shape index (κ2) is 3.66. The molecule has 1 aromatic heterocycles. The van der Waals surface area contributed by atoms with E-state index in [1.54, 1.807) is 18.2 Å². The molecule has 5 heteroatoms. The van der Waals surface area contributed by atoms with E-state index in [2.05, 4.69) is 4.98 Å². The Labute approximate surface area is 102 Å². The molecule has 0 atom stereocenters. The smallest absolute Gasteiger partial charge is 0.295 e. The van der Waals surface area contributed by atoms with Crippen molar-refractivity contribution in [1.82, 2.24) is 4.98 Å². The lowest BCUT2D eigenvalue weighted by Crippen LogP contribution is -1.96. The quantitative estimate of drug-likeness (QED) is 0.402. The minimum Gasteiger partial charge on any atom is -0.398 e. The molecule has 0 aliphatic heterocycles. The van der Waals surface area contributed by atoms with Crippen molar-refractivity contribution in [2.45, 2.75) is 0 Å². The van der Waals surface area contributed by atoms with Crippen molar-refractivity contribution in [3.63, 3.8) is 0 Å². The largest absolute Gasteiger partial charge is 0.398 e. The summed E-state index contributed by atoms with van der Waals surface area (Å²) in [6, 6.07) is 12.1. The van der Waals surface area contributed by atoms with Crippen molar-refractivity contribution < 1.29 is 4.92 Å². The van der Waals surface area contributed by atoms with Gasteiger partial charge in [-0.25, -0.2) is 4.98 Å². The highest BCUT2D eigenvalue weighted by molar-refractivity contribution is 6.08. The molecule has 0 bridgehead atoms. The molecule has 0 saturated carbocycles. The first kappa shape index (κ1) is 10.5. The van der Waals surface area contributed by atoms with E-state index in [0.717, 1.165) is 5.39 Å². The average Bonchev–Trinajstić information content (AvgIpc) is 2.38. The third-order valence-corrected chi connectivity index (χ3v) is 2.93. The summed E-state index contributed by atoms with van der Waals surface area (Å²) in [5.41, 5.74) is 7.56. The number of nitrogens with zero attached hydrogens (tertiary/aromatic N) is 2. The molecule has 0 fully saturated rings. The lowest BCUT2D eigenvalue weighted by atomic mass is 10.1. The number of hydrogen-bond donors (Lipinski definition) is 1. The number of nitro benzene ring substituents is 1. The SMILES string of the molecule is Nc1c2ccccc2nc2c([N+](=O)[O-])cccc12. The van der Waals surface area contributed by atoms with Gasteiger partial charge in [0.2, 0.25) is 0 Å². The van der Waals surface area contributed by atoms with Crippen LogP contribution >= 0.6 is 0 Å². The van der Waals surface area contributed by atoms with Crippen LogP contribution in [-0.4, -0.2) is 9.91 Å². The van der Waals surface area contributed by atoms with Gasteiger partial charge < -0.3 is 5.73 Å². The summed E-state index contributed by atoms with van der Waals surface area (Å²) in [5.74, 6) is 0. The normalized spacial score (nSPS) is 10.9. The fourth-order valence-electron chi connectivity index (χ4n) is 2.08. The molecule has 18 heavy (non-hydrogen) atoms. The fourth-order valence-corrected chi connectivity index (χ4v) is 2.08. The van der Waals surface area contributed by atoms with Gasteiger partial charge in [0.05, 0.1) is 16.1 Å². The van der Waals surface area contributed by atoms with Crippen LogP contribution in [0.4, 0.5) is 11.4 Å². The first-order valence-electron chi connectivity index (χ1n) is 5.40. The van der Waals surface area contributed by atoms with Gasteiger partial charge in [0, 0.05) is 16.8 Å². The molecule has 0 unspecified atom stereocenters. The van der Waals surface area contributed by atoms with Gasteiger partial charge in [0.25, 0.3) is 5.69 Å². The lowest BCUT2D eigenvalue weighted by Gasteiger charge is -2.06. The minimum absolute atomic E-state index is 0.0232. The van der Waals surface area contributed by atoms with Crippen molar-refractivity contribution in [3.8, 4) is 0 Å². The number of aromatic nitrogens is 1. The molecule has 1 heterocycles. The maximum absolute atomic E-state index is 11.0. The van der Waals surface area contributed by atoms with Gasteiger partial charge in [0.1, 0.15) is 0 Å². The van der Waals surface area contributed by atoms with Crippen molar-refractivity contribution in [2.75, 3.05) is 5.73 Å². The zero-order chi connectivity index (χ0) is 12.7. The second-order valence-corrected chi connectivity index (χ2v) is 3.97. The molecule has 5 nitrogen and oxygen atoms in total. The number of pyridine rings is 1. The topological polar surface area (TPSA) is 82.0 Å². The average molecular weight is 239 g/mol. The van der Waals surface area contributed by atoms with E-state index in [1.165, 1.54) is 6.07 Å². The zero-order valence-corrected chi connectivity index (χ0v) is 9.33. The Hall–Kier alpha value is -2.69. The van der Waals surface area contributed by atoms with Crippen LogP contribution in [0.1, 0.15) is 0 Å². The van der Waals surface area contributed by atoms with E-state index in [0.29, 0.717) is 22.1 Å². The monoisotopic (exact) mass is 239 g/mol. The molecule has 3 rings (SSSR count). The number of nitro groups is 1. The zero-order valence-electron chi connectivity index (χ0n) is 9.33. The summed E-state index contributed by atoms with van der Waals surface area (Å²) in [7, 11) is 0. The maximum Gasteiger partial charge on any atom is 0.295 e. The Morgan fingerprint density at radius 2 is 1.78 bits per heavy atom. The number of fused-ring (bicyclic) bond motifs is 2. The standard InChI is InChI=1S/C13H9N3O2/c14-12-8-4-1-2-6-10(8)15-13-9(12)5-3-7-11(13)16(17)18/h1-7H,(H2,14,15). The van der Waals surface area contributed by atoms with Crippen LogP contribution in [0.5, 0.6) is 0 Å². The van der Waals surface area contributed by atoms with Crippen LogP contribution in [-0.2, 0) is 0 Å². The molecule has 0 radical (unpaired) electrons. The van der Waals surface area contributed by atoms with Crippen molar-refractivity contribution in [1.29, 1.82) is 0 Å². The molecule has 0 saturated heterocycles. The Bertz CT molecular complexity index is 784. The highest BCUT2D eigenvalue weighted by Gasteiger charge is 2.15. The third kappa shape index (κ3) is 1.37. The summed E-state index contributed by atoms with van der Waals surface area (Å²) in [6.45, 7) is 0. The Kier molecular flexibility index (Phi) is 2.13. The first-order valence-corrected chi connectivity index (χ1v) is 5.40. The Balaban J connectivity index is 2.55. The van der Waals surface area contributed by atoms with E-state index >= 15 is 0 Å². The molecular formula is C13H9N3O2. The molecule has 0 aliphatic carbocycles. The maximum atomic E-state index is 11.0. The van der Waals surface area contributed by atoms with Gasteiger partial charge in [-0.3, -0.25) is 10.1 Å². The number of nitrogens with two attached hydrogens (primary N) is 1. The van der Waals surface area contributed by atoms with Crippen LogP contribution in [0.3, 0.4) is 0 Å². The van der Waals surface area contributed by atoms with E-state index in [4.69, 9.17) is 5.73 Å². The fraction of sp³-hybridized carbons (Fsp3) is 0. The lowest BCUT2D eigenvalue weighted by molar-refractivity contribution is -0.383. The van der Waals surface area contributed by atoms with Gasteiger partial charge in [-0.05, 0) is 6.07 Å². The number of rotatable bonds is 1. The predicted octanol–water partition coefficient (Wildman–Crippen LogP) is 2.88. The van der Waals surface area contributed by atoms with Gasteiger partial charge in [0.15, 0.2) is 5.52 Å². The molecule has 2 aromatic carbocycles. The molecule has 0 aliphatic rings. The van der Waals surface area contributed by atoms with Crippen LogP contribution in [0, 0.1) is 10.1 Å². The second-order valence-electron chi connectivity index (χ2n) is 3.97. The molecule has 0 spiro atoms. The summed E-state index contributed by atoms with van der Waals surface area (Å²) >= 11 is 0. The molecule has 88 valence electrons. The summed E-state index contributed by atoms with van der Waals surface area (Å²) in [4.78, 5) is 14.9. The van der Waals surface area contributed by atoms with E-state index in [1.807, 2.05) is 18.2 Å². The Morgan fingerprint density at radius 1 is 1.06 bits per heavy atom. The van der Waals surface area contributed by atoms with Crippen LogP contribution < -0.4 is 5.73 Å². The predicted molar refractivity (Wildman–Crippen MR) is 70.3 cm³/mol. The highest BCUT2D eigenvalue weighted by atomic mass is 16.6. The molecular weight excluding hydrogens is 230 g/mol. The van der Waals surface area contributed by atoms with Crippen LogP contribution in [0.2, 0.25) is 0 Å². The van der Waals surface area contributed by atoms with E-state index in [-0.39, 0.29) is 5.69 Å². The summed E-state index contributed by atoms with van der Waals surface area (Å²) < 4.78 is 0. The van der Waals surface area contributed by atoms with Crippen molar-refractivity contribution in [3.05, 3.63) is 52.6 Å². The van der Waals surface area contributed by atoms with Crippen LogP contribution in [0.15, 0.2) is 42.5 Å². The number of anilines is 1. The molecule has 2 N–H and O–H groups in total. The third-order valence-electron chi connectivity index (χ3n) is 2.93. The van der Waals surface area contributed by atoms with Gasteiger partial charge in [-0.2, -0.15) is 0 Å². The summed E-state index contributed by atoms with van der Waals surface area (Å²) in [6.07, 6.45) is 0. The van der Waals surface area contributed by atoms with Gasteiger partial charge in [-0.1, -0.05) is 30.3 Å². The van der Waals surface area contributed by atoms with E-state index < -0.39 is 4.92 Å². The number of para-hydroxylation sites is 2. The Morgan fingerprint density at radius 3 is 2.56 bits per heavy atom. The van der Waals surface area contributed by atoms with Crippen LogP contribution in [0.25, 0.3) is 21.8 Å². The number of non-ortho nitro benzene ring substituents is 1. The van der Waals surface area contributed by atoms with Gasteiger partial charge >= 0.3 is 0 Å².